The molecule has 6 heteroatoms. The maximum atomic E-state index is 7.38. The van der Waals surface area contributed by atoms with Crippen molar-refractivity contribution in [2.24, 2.45) is 16.5 Å². The van der Waals surface area contributed by atoms with E-state index in [1.165, 1.54) is 23.5 Å². The molecule has 1 aliphatic rings. The lowest BCUT2D eigenvalue weighted by molar-refractivity contribution is 0.353. The smallest absolute Gasteiger partial charge is 0.126 e. The molecule has 1 aliphatic heterocycles. The van der Waals surface area contributed by atoms with Gasteiger partial charge in [0, 0.05) is 36.8 Å². The van der Waals surface area contributed by atoms with Crippen LogP contribution in [0.15, 0.2) is 59.7 Å². The van der Waals surface area contributed by atoms with E-state index in [4.69, 9.17) is 16.9 Å². The molecule has 0 radical (unpaired) electrons. The Morgan fingerprint density at radius 2 is 1.93 bits per heavy atom. The van der Waals surface area contributed by atoms with Gasteiger partial charge in [0.15, 0.2) is 0 Å². The van der Waals surface area contributed by atoms with Crippen LogP contribution in [-0.4, -0.2) is 30.7 Å². The maximum Gasteiger partial charge on any atom is 0.126 e. The van der Waals surface area contributed by atoms with Gasteiger partial charge in [0.05, 0.1) is 6.67 Å². The molecule has 2 aromatic rings. The molecule has 1 heterocycles. The zero-order chi connectivity index (χ0) is 19.9. The Labute approximate surface area is 165 Å². The second-order valence-electron chi connectivity index (χ2n) is 6.73. The summed E-state index contributed by atoms with van der Waals surface area (Å²) in [6, 6.07) is 14.2. The van der Waals surface area contributed by atoms with E-state index in [1.54, 1.807) is 0 Å². The van der Waals surface area contributed by atoms with Crippen LogP contribution in [0.25, 0.3) is 11.6 Å². The predicted octanol–water partition coefficient (Wildman–Crippen LogP) is 3.02. The molecule has 2 aromatic carbocycles. The van der Waals surface area contributed by atoms with Crippen molar-refractivity contribution >= 4 is 29.4 Å². The molecule has 0 amide bonds. The fourth-order valence-electron chi connectivity index (χ4n) is 3.22. The van der Waals surface area contributed by atoms with Crippen molar-refractivity contribution in [3.8, 4) is 0 Å². The van der Waals surface area contributed by atoms with E-state index >= 15 is 0 Å². The molecule has 0 aliphatic carbocycles. The molecule has 0 saturated carbocycles. The number of nitrogens with two attached hydrogens (primary N) is 2. The molecule has 0 aromatic heterocycles. The Kier molecular flexibility index (Phi) is 6.37. The van der Waals surface area contributed by atoms with Crippen molar-refractivity contribution in [1.29, 1.82) is 5.41 Å². The quantitative estimate of drug-likeness (QED) is 0.461. The first-order valence-electron chi connectivity index (χ1n) is 9.15. The lowest BCUT2D eigenvalue weighted by atomic mass is 10.1. The minimum atomic E-state index is 0.202. The number of fused-ring (bicyclic) bond motifs is 1. The number of nitrogens with one attached hydrogen (secondary N) is 2. The summed E-state index contributed by atoms with van der Waals surface area (Å²) in [4.78, 5) is 6.63. The molecule has 6 N–H and O–H groups in total. The molecule has 0 spiro atoms. The number of hydrogen-bond donors (Lipinski definition) is 4. The van der Waals surface area contributed by atoms with Crippen molar-refractivity contribution in [2.45, 2.75) is 13.1 Å². The molecule has 0 atom stereocenters. The summed E-state index contributed by atoms with van der Waals surface area (Å²) < 4.78 is 0. The van der Waals surface area contributed by atoms with Gasteiger partial charge in [-0.05, 0) is 47.5 Å². The van der Waals surface area contributed by atoms with Gasteiger partial charge in [0.2, 0.25) is 0 Å². The van der Waals surface area contributed by atoms with Gasteiger partial charge < -0.3 is 22.2 Å². The van der Waals surface area contributed by atoms with Gasteiger partial charge in [-0.25, -0.2) is 0 Å². The van der Waals surface area contributed by atoms with Crippen LogP contribution < -0.4 is 16.8 Å². The average molecular weight is 374 g/mol. The fourth-order valence-corrected chi connectivity index (χ4v) is 3.22. The zero-order valence-electron chi connectivity index (χ0n) is 16.0. The highest BCUT2D eigenvalue weighted by Crippen LogP contribution is 2.23. The third-order valence-corrected chi connectivity index (χ3v) is 4.63. The SMILES string of the molecule is CN1Cc2ccc(/C=C\C(=N/CN)Nc3ccc(/C(C=N)=C/N)cc3)cc2C1. The lowest BCUT2D eigenvalue weighted by Gasteiger charge is -2.08. The Morgan fingerprint density at radius 1 is 1.18 bits per heavy atom. The first kappa shape index (κ1) is 19.5. The van der Waals surface area contributed by atoms with Gasteiger partial charge in [0.25, 0.3) is 0 Å². The number of rotatable bonds is 6. The van der Waals surface area contributed by atoms with E-state index in [1.807, 2.05) is 36.4 Å². The molecular weight excluding hydrogens is 348 g/mol. The van der Waals surface area contributed by atoms with Crippen molar-refractivity contribution < 1.29 is 0 Å². The molecule has 0 fully saturated rings. The predicted molar refractivity (Wildman–Crippen MR) is 118 cm³/mol. The maximum absolute atomic E-state index is 7.38. The van der Waals surface area contributed by atoms with Gasteiger partial charge >= 0.3 is 0 Å². The van der Waals surface area contributed by atoms with Gasteiger partial charge in [-0.1, -0.05) is 36.4 Å². The Hall–Kier alpha value is -3.22. The number of hydrogen-bond acceptors (Lipinski definition) is 5. The van der Waals surface area contributed by atoms with Crippen molar-refractivity contribution in [3.63, 3.8) is 0 Å². The largest absolute Gasteiger partial charge is 0.404 e. The molecule has 0 saturated heterocycles. The molecule has 6 nitrogen and oxygen atoms in total. The first-order valence-corrected chi connectivity index (χ1v) is 9.15. The Bertz CT molecular complexity index is 925. The highest BCUT2D eigenvalue weighted by molar-refractivity contribution is 6.09. The summed E-state index contributed by atoms with van der Waals surface area (Å²) >= 11 is 0. The van der Waals surface area contributed by atoms with Crippen LogP contribution in [0, 0.1) is 5.41 Å². The molecule has 0 unspecified atom stereocenters. The number of allylic oxidation sites excluding steroid dienone is 1. The van der Waals surface area contributed by atoms with Crippen LogP contribution in [0.5, 0.6) is 0 Å². The van der Waals surface area contributed by atoms with E-state index in [9.17, 15) is 0 Å². The minimum Gasteiger partial charge on any atom is -0.404 e. The first-order chi connectivity index (χ1) is 13.6. The normalized spacial score (nSPS) is 15.1. The highest BCUT2D eigenvalue weighted by atomic mass is 15.1. The highest BCUT2D eigenvalue weighted by Gasteiger charge is 2.14. The van der Waals surface area contributed by atoms with E-state index in [0.29, 0.717) is 11.4 Å². The van der Waals surface area contributed by atoms with Crippen LogP contribution in [0.3, 0.4) is 0 Å². The van der Waals surface area contributed by atoms with E-state index < -0.39 is 0 Å². The standard InChI is InChI=1S/C22H26N6/c1-28-13-18-4-2-16(10-19(18)14-28)3-9-22(26-15-25)27-21-7-5-17(6-8-21)20(11-23)12-24/h2-12,23H,13-15,24-25H2,1H3,(H,26,27)/b9-3-,20-12+,23-11?. The number of benzene rings is 2. The number of anilines is 1. The van der Waals surface area contributed by atoms with Crippen LogP contribution >= 0.6 is 0 Å². The summed E-state index contributed by atoms with van der Waals surface area (Å²) in [5.41, 5.74) is 17.5. The van der Waals surface area contributed by atoms with Crippen LogP contribution in [0.1, 0.15) is 22.3 Å². The number of aliphatic imine (C=N–C) groups is 1. The second kappa shape index (κ2) is 9.12. The van der Waals surface area contributed by atoms with Gasteiger partial charge in [0.1, 0.15) is 5.84 Å². The van der Waals surface area contributed by atoms with Crippen molar-refractivity contribution in [3.05, 3.63) is 77.0 Å². The number of nitrogens with zero attached hydrogens (tertiary/aromatic N) is 2. The van der Waals surface area contributed by atoms with Gasteiger partial charge in [-0.3, -0.25) is 9.89 Å². The van der Waals surface area contributed by atoms with Crippen molar-refractivity contribution in [2.75, 3.05) is 19.0 Å². The zero-order valence-corrected chi connectivity index (χ0v) is 16.0. The van der Waals surface area contributed by atoms with Crippen molar-refractivity contribution in [1.82, 2.24) is 4.90 Å². The van der Waals surface area contributed by atoms with E-state index in [2.05, 4.69) is 40.5 Å². The summed E-state index contributed by atoms with van der Waals surface area (Å²) in [5.74, 6) is 0.689. The second-order valence-corrected chi connectivity index (χ2v) is 6.73. The topological polar surface area (TPSA) is 104 Å². The summed E-state index contributed by atoms with van der Waals surface area (Å²) in [5, 5.41) is 10.7. The number of amidine groups is 1. The minimum absolute atomic E-state index is 0.202. The molecule has 3 rings (SSSR count). The van der Waals surface area contributed by atoms with E-state index in [-0.39, 0.29) is 6.67 Å². The third kappa shape index (κ3) is 4.73. The lowest BCUT2D eigenvalue weighted by Crippen LogP contribution is -2.12. The summed E-state index contributed by atoms with van der Waals surface area (Å²) in [6.45, 7) is 2.20. The molecule has 28 heavy (non-hydrogen) atoms. The van der Waals surface area contributed by atoms with E-state index in [0.717, 1.165) is 29.9 Å². The van der Waals surface area contributed by atoms with Crippen LogP contribution in [-0.2, 0) is 13.1 Å². The monoisotopic (exact) mass is 374 g/mol. The summed E-state index contributed by atoms with van der Waals surface area (Å²) in [7, 11) is 2.13. The molecule has 144 valence electrons. The average Bonchev–Trinajstić information content (AvgIpc) is 3.07. The third-order valence-electron chi connectivity index (χ3n) is 4.63. The van der Waals surface area contributed by atoms with Crippen LogP contribution in [0.4, 0.5) is 5.69 Å². The fraction of sp³-hybridized carbons (Fsp3) is 0.182. The Balaban J connectivity index is 1.72. The summed E-state index contributed by atoms with van der Waals surface area (Å²) in [6.07, 6.45) is 6.64. The van der Waals surface area contributed by atoms with Gasteiger partial charge in [-0.15, -0.1) is 0 Å². The molecule has 0 bridgehead atoms. The molecular formula is C22H26N6. The van der Waals surface area contributed by atoms with Crippen LogP contribution in [0.2, 0.25) is 0 Å². The van der Waals surface area contributed by atoms with Gasteiger partial charge in [-0.2, -0.15) is 0 Å². The Morgan fingerprint density at radius 3 is 2.61 bits per heavy atom.